The van der Waals surface area contributed by atoms with Gasteiger partial charge in [-0.2, -0.15) is 8.78 Å². The van der Waals surface area contributed by atoms with Gasteiger partial charge in [0.25, 0.3) is 0 Å². The second kappa shape index (κ2) is 8.48. The largest absolute Gasteiger partial charge is 0.444 e. The van der Waals surface area contributed by atoms with E-state index in [0.29, 0.717) is 25.3 Å². The van der Waals surface area contributed by atoms with Crippen LogP contribution in [0.25, 0.3) is 0 Å². The molecule has 1 atom stereocenters. The first kappa shape index (κ1) is 21.6. The van der Waals surface area contributed by atoms with E-state index in [9.17, 15) is 13.6 Å². The van der Waals surface area contributed by atoms with Crippen LogP contribution in [-0.2, 0) is 17.7 Å². The number of hydrogen-bond acceptors (Lipinski definition) is 4. The van der Waals surface area contributed by atoms with Crippen LogP contribution in [0, 0.1) is 0 Å². The van der Waals surface area contributed by atoms with Crippen LogP contribution in [0.5, 0.6) is 5.75 Å². The van der Waals surface area contributed by atoms with E-state index in [0.717, 1.165) is 23.6 Å². The number of aryl methyl sites for hydroxylation is 1. The lowest BCUT2D eigenvalue weighted by Gasteiger charge is -2.38. The number of alkyl halides is 2. The van der Waals surface area contributed by atoms with E-state index in [1.54, 1.807) is 29.2 Å². The molecule has 1 unspecified atom stereocenters. The van der Waals surface area contributed by atoms with Crippen LogP contribution >= 0.6 is 0 Å². The Morgan fingerprint density at radius 2 is 1.90 bits per heavy atom. The number of halogens is 2. The Morgan fingerprint density at radius 3 is 2.52 bits per heavy atom. The average Bonchev–Trinajstić information content (AvgIpc) is 3.44. The highest BCUT2D eigenvalue weighted by molar-refractivity contribution is 5.69. The molecule has 2 aliphatic rings. The summed E-state index contributed by atoms with van der Waals surface area (Å²) in [5, 5.41) is 0. The second-order valence-corrected chi connectivity index (χ2v) is 9.22. The molecule has 1 aliphatic carbocycles. The third kappa shape index (κ3) is 5.17. The average molecular weight is 433 g/mol. The Hall–Kier alpha value is -2.64. The van der Waals surface area contributed by atoms with Crippen LogP contribution in [0.1, 0.15) is 69.1 Å². The Labute approximate surface area is 181 Å². The third-order valence-corrected chi connectivity index (χ3v) is 5.62. The minimum atomic E-state index is -2.84. The first-order valence-electron chi connectivity index (χ1n) is 10.8. The molecule has 1 aromatic heterocycles. The van der Waals surface area contributed by atoms with Gasteiger partial charge in [-0.25, -0.2) is 9.78 Å². The zero-order valence-electron chi connectivity index (χ0n) is 18.2. The lowest BCUT2D eigenvalue weighted by molar-refractivity contribution is -0.0498. The summed E-state index contributed by atoms with van der Waals surface area (Å²) in [6, 6.07) is 6.50. The van der Waals surface area contributed by atoms with Crippen molar-refractivity contribution >= 4 is 6.09 Å². The molecule has 8 heteroatoms. The number of carbonyl (C=O) groups is 1. The van der Waals surface area contributed by atoms with Crippen molar-refractivity contribution in [2.24, 2.45) is 0 Å². The molecule has 168 valence electrons. The summed E-state index contributed by atoms with van der Waals surface area (Å²) in [6.45, 7) is 4.05. The molecule has 0 spiro atoms. The van der Waals surface area contributed by atoms with Gasteiger partial charge in [-0.15, -0.1) is 0 Å². The monoisotopic (exact) mass is 433 g/mol. The van der Waals surface area contributed by atoms with Crippen molar-refractivity contribution in [2.45, 2.75) is 77.2 Å². The van der Waals surface area contributed by atoms with Crippen molar-refractivity contribution < 1.29 is 23.0 Å². The number of nitrogens with zero attached hydrogens (tertiary/aromatic N) is 3. The van der Waals surface area contributed by atoms with Crippen molar-refractivity contribution in [1.82, 2.24) is 14.5 Å². The zero-order chi connectivity index (χ0) is 22.2. The lowest BCUT2D eigenvalue weighted by atomic mass is 10.0. The minimum absolute atomic E-state index is 0.138. The van der Waals surface area contributed by atoms with Gasteiger partial charge < -0.3 is 14.0 Å². The number of ether oxygens (including phenoxy) is 2. The highest BCUT2D eigenvalue weighted by Crippen LogP contribution is 2.42. The molecule has 2 heterocycles. The molecular weight excluding hydrogens is 404 g/mol. The van der Waals surface area contributed by atoms with Gasteiger partial charge in [0.05, 0.1) is 17.9 Å². The molecule has 1 saturated carbocycles. The SMILES string of the molecule is CC(C)(C)OC(=O)N1CCn2c(cnc2C2CC2)C1CCc1ccc(OC(F)F)cc1. The maximum Gasteiger partial charge on any atom is 0.410 e. The normalized spacial score (nSPS) is 18.8. The Balaban J connectivity index is 1.52. The first-order valence-corrected chi connectivity index (χ1v) is 10.8. The van der Waals surface area contributed by atoms with Crippen LogP contribution in [-0.4, -0.2) is 39.3 Å². The molecule has 1 aromatic carbocycles. The molecular formula is C23H29F2N3O3. The van der Waals surface area contributed by atoms with E-state index in [1.807, 2.05) is 27.0 Å². The topological polar surface area (TPSA) is 56.6 Å². The van der Waals surface area contributed by atoms with Crippen LogP contribution in [0.4, 0.5) is 13.6 Å². The summed E-state index contributed by atoms with van der Waals surface area (Å²) >= 11 is 0. The molecule has 0 bridgehead atoms. The lowest BCUT2D eigenvalue weighted by Crippen LogP contribution is -2.44. The van der Waals surface area contributed by atoms with E-state index < -0.39 is 12.2 Å². The third-order valence-electron chi connectivity index (χ3n) is 5.62. The number of benzene rings is 1. The summed E-state index contributed by atoms with van der Waals surface area (Å²) in [6.07, 6.45) is 5.29. The quantitative estimate of drug-likeness (QED) is 0.621. The number of rotatable bonds is 6. The highest BCUT2D eigenvalue weighted by atomic mass is 19.3. The summed E-state index contributed by atoms with van der Waals surface area (Å²) in [4.78, 5) is 19.4. The highest BCUT2D eigenvalue weighted by Gasteiger charge is 2.37. The van der Waals surface area contributed by atoms with Crippen LogP contribution in [0.2, 0.25) is 0 Å². The van der Waals surface area contributed by atoms with Gasteiger partial charge in [0, 0.05) is 19.0 Å². The smallest absolute Gasteiger partial charge is 0.410 e. The Bertz CT molecular complexity index is 917. The fourth-order valence-corrected chi connectivity index (χ4v) is 4.09. The Kier molecular flexibility index (Phi) is 5.90. The molecule has 31 heavy (non-hydrogen) atoms. The van der Waals surface area contributed by atoms with Crippen LogP contribution in [0.15, 0.2) is 30.5 Å². The van der Waals surface area contributed by atoms with Crippen molar-refractivity contribution in [3.8, 4) is 5.75 Å². The van der Waals surface area contributed by atoms with Gasteiger partial charge in [-0.05, 0) is 64.2 Å². The Morgan fingerprint density at radius 1 is 1.19 bits per heavy atom. The molecule has 0 radical (unpaired) electrons. The minimum Gasteiger partial charge on any atom is -0.444 e. The molecule has 4 rings (SSSR count). The van der Waals surface area contributed by atoms with E-state index >= 15 is 0 Å². The first-order chi connectivity index (χ1) is 14.7. The van der Waals surface area contributed by atoms with Gasteiger partial charge in [-0.1, -0.05) is 12.1 Å². The fraction of sp³-hybridized carbons (Fsp3) is 0.565. The maximum atomic E-state index is 12.9. The van der Waals surface area contributed by atoms with Crippen molar-refractivity contribution in [3.63, 3.8) is 0 Å². The van der Waals surface area contributed by atoms with Gasteiger partial charge >= 0.3 is 12.7 Å². The number of fused-ring (bicyclic) bond motifs is 1. The van der Waals surface area contributed by atoms with Gasteiger partial charge in [-0.3, -0.25) is 4.90 Å². The number of amides is 1. The molecule has 6 nitrogen and oxygen atoms in total. The van der Waals surface area contributed by atoms with E-state index in [2.05, 4.69) is 14.3 Å². The van der Waals surface area contributed by atoms with Gasteiger partial charge in [0.1, 0.15) is 17.2 Å². The second-order valence-electron chi connectivity index (χ2n) is 9.22. The van der Waals surface area contributed by atoms with Crippen LogP contribution in [0.3, 0.4) is 0 Å². The molecule has 1 fully saturated rings. The van der Waals surface area contributed by atoms with E-state index in [4.69, 9.17) is 4.74 Å². The zero-order valence-corrected chi connectivity index (χ0v) is 18.2. The summed E-state index contributed by atoms with van der Waals surface area (Å²) in [7, 11) is 0. The van der Waals surface area contributed by atoms with E-state index in [1.165, 1.54) is 12.8 Å². The number of carbonyl (C=O) groups excluding carboxylic acids is 1. The maximum absolute atomic E-state index is 12.9. The van der Waals surface area contributed by atoms with Gasteiger partial charge in [0.2, 0.25) is 0 Å². The summed E-state index contributed by atoms with van der Waals surface area (Å²) in [5.74, 6) is 1.79. The van der Waals surface area contributed by atoms with Gasteiger partial charge in [0.15, 0.2) is 0 Å². The molecule has 1 amide bonds. The van der Waals surface area contributed by atoms with Crippen molar-refractivity contribution in [3.05, 3.63) is 47.5 Å². The van der Waals surface area contributed by atoms with Crippen LogP contribution < -0.4 is 4.74 Å². The molecule has 0 N–H and O–H groups in total. The molecule has 2 aromatic rings. The number of aromatic nitrogens is 2. The van der Waals surface area contributed by atoms with E-state index in [-0.39, 0.29) is 17.9 Å². The number of hydrogen-bond donors (Lipinski definition) is 0. The molecule has 1 aliphatic heterocycles. The van der Waals surface area contributed by atoms with Crippen molar-refractivity contribution in [1.29, 1.82) is 0 Å². The summed E-state index contributed by atoms with van der Waals surface area (Å²) < 4.78 is 37.1. The predicted molar refractivity (Wildman–Crippen MR) is 111 cm³/mol. The fourth-order valence-electron chi connectivity index (χ4n) is 4.09. The number of imidazole rings is 1. The van der Waals surface area contributed by atoms with Crippen molar-refractivity contribution in [2.75, 3.05) is 6.54 Å². The summed E-state index contributed by atoms with van der Waals surface area (Å²) in [5.41, 5.74) is 1.46. The standard InChI is InChI=1S/C23H29F2N3O3/c1-23(2,3)31-22(29)28-13-12-27-19(14-26-20(27)16-7-8-16)18(28)11-6-15-4-9-17(10-5-15)30-21(24)25/h4-5,9-10,14,16,18,21H,6-8,11-13H2,1-3H3. The predicted octanol–water partition coefficient (Wildman–Crippen LogP) is 5.29. The molecule has 0 saturated heterocycles.